The molecule has 4 N–H and O–H groups in total. The van der Waals surface area contributed by atoms with Crippen LogP contribution in [0, 0.1) is 0 Å². The summed E-state index contributed by atoms with van der Waals surface area (Å²) in [5.41, 5.74) is 6.59. The van der Waals surface area contributed by atoms with Crippen LogP contribution in [0.15, 0.2) is 66.0 Å². The molecule has 4 aromatic heterocycles. The first-order valence-corrected chi connectivity index (χ1v) is 11.1. The molecule has 180 valence electrons. The van der Waals surface area contributed by atoms with Crippen molar-refractivity contribution >= 4 is 39.2 Å². The summed E-state index contributed by atoms with van der Waals surface area (Å²) in [5.74, 6) is 0.144. The van der Waals surface area contributed by atoms with Gasteiger partial charge in [0.2, 0.25) is 0 Å². The zero-order valence-corrected chi connectivity index (χ0v) is 18.8. The van der Waals surface area contributed by atoms with E-state index in [1.165, 1.54) is 4.90 Å². The maximum Gasteiger partial charge on any atom is 0.260 e. The van der Waals surface area contributed by atoms with Crippen LogP contribution in [-0.2, 0) is 9.53 Å². The number of benzene rings is 1. The second-order valence-corrected chi connectivity index (χ2v) is 8.29. The third-order valence-electron chi connectivity index (χ3n) is 6.11. The number of nitrogen functional groups attached to an aromatic ring is 1. The summed E-state index contributed by atoms with van der Waals surface area (Å²) in [6, 6.07) is 10.3. The molecule has 12 heteroatoms. The number of pyridine rings is 2. The zero-order chi connectivity index (χ0) is 24.8. The average Bonchev–Trinajstić information content (AvgIpc) is 3.38. The molecular formula is C24H20N8O4. The van der Waals surface area contributed by atoms with Crippen LogP contribution < -0.4 is 16.2 Å². The van der Waals surface area contributed by atoms with Crippen LogP contribution in [0.5, 0.6) is 0 Å². The predicted octanol–water partition coefficient (Wildman–Crippen LogP) is 1.10. The molecule has 1 saturated heterocycles. The van der Waals surface area contributed by atoms with Crippen molar-refractivity contribution in [3.8, 4) is 5.69 Å². The normalized spacial score (nSPS) is 17.1. The summed E-state index contributed by atoms with van der Waals surface area (Å²) in [4.78, 5) is 42.6. The molecule has 12 nitrogen and oxygen atoms in total. The minimum atomic E-state index is -1.50. The van der Waals surface area contributed by atoms with E-state index in [9.17, 15) is 14.7 Å². The molecule has 1 fully saturated rings. The minimum Gasteiger partial charge on any atom is -0.383 e. The van der Waals surface area contributed by atoms with E-state index in [4.69, 9.17) is 10.5 Å². The van der Waals surface area contributed by atoms with E-state index in [2.05, 4.69) is 25.0 Å². The van der Waals surface area contributed by atoms with Gasteiger partial charge < -0.3 is 20.6 Å². The van der Waals surface area contributed by atoms with E-state index in [0.29, 0.717) is 22.5 Å². The first-order chi connectivity index (χ1) is 17.5. The van der Waals surface area contributed by atoms with Crippen molar-refractivity contribution in [1.29, 1.82) is 0 Å². The Morgan fingerprint density at radius 3 is 2.78 bits per heavy atom. The Balaban J connectivity index is 1.31. The van der Waals surface area contributed by atoms with Gasteiger partial charge in [0.15, 0.2) is 11.9 Å². The minimum absolute atomic E-state index is 0.0728. The highest BCUT2D eigenvalue weighted by atomic mass is 16.5. The van der Waals surface area contributed by atoms with Gasteiger partial charge in [0.05, 0.1) is 29.7 Å². The van der Waals surface area contributed by atoms with Crippen LogP contribution in [0.25, 0.3) is 27.4 Å². The molecule has 5 heterocycles. The lowest BCUT2D eigenvalue weighted by Crippen LogP contribution is -2.50. The first-order valence-electron chi connectivity index (χ1n) is 11.1. The van der Waals surface area contributed by atoms with E-state index in [-0.39, 0.29) is 24.4 Å². The lowest BCUT2D eigenvalue weighted by atomic mass is 10.1. The summed E-state index contributed by atoms with van der Waals surface area (Å²) in [7, 11) is 0. The number of anilines is 2. The standard InChI is InChI=1S/C24H20N8O4/c25-21-15-12-16-17(11-13(15)1-7-27-21)28-22(29-23(16)34)19(33)20-24(35)31(9-10-36-20)18-4-8-32(30-18)14-2-5-26-6-3-14/h1-8,11-12,19-20,33H,9-10H2,(H2,25,27)(H,28,29,34)/t19-,20?/m1/s1. The molecule has 0 bridgehead atoms. The number of aliphatic hydroxyl groups is 1. The molecule has 1 aliphatic rings. The first kappa shape index (κ1) is 21.8. The molecule has 2 atom stereocenters. The van der Waals surface area contributed by atoms with Gasteiger partial charge >= 0.3 is 0 Å². The number of aliphatic hydroxyl groups excluding tert-OH is 1. The van der Waals surface area contributed by atoms with E-state index in [1.54, 1.807) is 65.9 Å². The molecule has 0 saturated carbocycles. The molecule has 1 aliphatic heterocycles. The fraction of sp³-hybridized carbons (Fsp3) is 0.167. The number of hydrogen-bond donors (Lipinski definition) is 3. The molecule has 1 unspecified atom stereocenters. The van der Waals surface area contributed by atoms with Gasteiger partial charge in [-0.05, 0) is 35.7 Å². The van der Waals surface area contributed by atoms with Gasteiger partial charge in [-0.1, -0.05) is 0 Å². The smallest absolute Gasteiger partial charge is 0.260 e. The van der Waals surface area contributed by atoms with Gasteiger partial charge in [-0.15, -0.1) is 5.10 Å². The van der Waals surface area contributed by atoms with Crippen molar-refractivity contribution in [3.63, 3.8) is 0 Å². The summed E-state index contributed by atoms with van der Waals surface area (Å²) < 4.78 is 7.24. The summed E-state index contributed by atoms with van der Waals surface area (Å²) >= 11 is 0. The number of carbonyl (C=O) groups is 1. The van der Waals surface area contributed by atoms with Crippen LogP contribution in [0.1, 0.15) is 11.9 Å². The number of carbonyl (C=O) groups excluding carboxylic acids is 1. The number of nitrogens with two attached hydrogens (primary N) is 1. The molecule has 6 rings (SSSR count). The lowest BCUT2D eigenvalue weighted by molar-refractivity contribution is -0.143. The van der Waals surface area contributed by atoms with Gasteiger partial charge in [-0.25, -0.2) is 14.6 Å². The SMILES string of the molecule is Nc1nccc2cc3nc([C@H](O)C4OCCN(c5ccn(-c6ccncc6)n5)C4=O)[nH]c(=O)c3cc12. The molecular weight excluding hydrogens is 464 g/mol. The molecule has 5 aromatic rings. The van der Waals surface area contributed by atoms with Crippen LogP contribution in [0.4, 0.5) is 11.6 Å². The number of aromatic nitrogens is 6. The number of H-pyrrole nitrogens is 1. The van der Waals surface area contributed by atoms with Crippen molar-refractivity contribution in [2.45, 2.75) is 12.2 Å². The number of ether oxygens (including phenoxy) is 1. The Morgan fingerprint density at radius 1 is 1.11 bits per heavy atom. The molecule has 36 heavy (non-hydrogen) atoms. The van der Waals surface area contributed by atoms with E-state index in [0.717, 1.165) is 11.1 Å². The maximum absolute atomic E-state index is 13.3. The largest absolute Gasteiger partial charge is 0.383 e. The highest BCUT2D eigenvalue weighted by Gasteiger charge is 2.38. The highest BCUT2D eigenvalue weighted by molar-refractivity contribution is 6.00. The van der Waals surface area contributed by atoms with E-state index >= 15 is 0 Å². The fourth-order valence-electron chi connectivity index (χ4n) is 4.29. The van der Waals surface area contributed by atoms with Crippen molar-refractivity contribution in [3.05, 3.63) is 77.4 Å². The molecule has 1 amide bonds. The number of hydrogen-bond acceptors (Lipinski definition) is 9. The van der Waals surface area contributed by atoms with E-state index in [1.807, 2.05) is 0 Å². The molecule has 0 spiro atoms. The predicted molar refractivity (Wildman–Crippen MR) is 130 cm³/mol. The Bertz CT molecular complexity index is 1670. The van der Waals surface area contributed by atoms with Crippen LogP contribution in [0.2, 0.25) is 0 Å². The average molecular weight is 484 g/mol. The Hall–Kier alpha value is -4.68. The Morgan fingerprint density at radius 2 is 1.94 bits per heavy atom. The van der Waals surface area contributed by atoms with Crippen LogP contribution in [-0.4, -0.2) is 60.0 Å². The number of nitrogens with one attached hydrogen (secondary N) is 1. The quantitative estimate of drug-likeness (QED) is 0.317. The highest BCUT2D eigenvalue weighted by Crippen LogP contribution is 2.27. The molecule has 1 aromatic carbocycles. The number of fused-ring (bicyclic) bond motifs is 2. The van der Waals surface area contributed by atoms with Crippen molar-refractivity contribution in [2.75, 3.05) is 23.8 Å². The van der Waals surface area contributed by atoms with E-state index < -0.39 is 23.7 Å². The van der Waals surface area contributed by atoms with Crippen molar-refractivity contribution in [1.82, 2.24) is 29.7 Å². The molecule has 0 aliphatic carbocycles. The van der Waals surface area contributed by atoms with Crippen LogP contribution in [0.3, 0.4) is 0 Å². The van der Waals surface area contributed by atoms with Crippen LogP contribution >= 0.6 is 0 Å². The number of rotatable bonds is 4. The fourth-order valence-corrected chi connectivity index (χ4v) is 4.29. The molecule has 0 radical (unpaired) electrons. The number of nitrogens with zero attached hydrogens (tertiary/aromatic N) is 6. The Kier molecular flexibility index (Phi) is 5.16. The summed E-state index contributed by atoms with van der Waals surface area (Å²) in [6.45, 7) is 0.433. The summed E-state index contributed by atoms with van der Waals surface area (Å²) in [6.07, 6.45) is 3.81. The second kappa shape index (κ2) is 8.52. The topological polar surface area (TPSA) is 165 Å². The van der Waals surface area contributed by atoms with Gasteiger partial charge in [-0.2, -0.15) is 0 Å². The van der Waals surface area contributed by atoms with Gasteiger partial charge in [0.1, 0.15) is 17.7 Å². The third kappa shape index (κ3) is 3.65. The van der Waals surface area contributed by atoms with Crippen molar-refractivity contribution < 1.29 is 14.6 Å². The number of morpholine rings is 1. The Labute approximate surface area is 203 Å². The zero-order valence-electron chi connectivity index (χ0n) is 18.8. The van der Waals surface area contributed by atoms with Gasteiger partial charge in [0, 0.05) is 36.2 Å². The second-order valence-electron chi connectivity index (χ2n) is 8.29. The summed E-state index contributed by atoms with van der Waals surface area (Å²) in [5, 5.41) is 17.2. The lowest BCUT2D eigenvalue weighted by Gasteiger charge is -2.32. The number of aromatic amines is 1. The maximum atomic E-state index is 13.3. The van der Waals surface area contributed by atoms with Crippen molar-refractivity contribution in [2.24, 2.45) is 0 Å². The number of amides is 1. The van der Waals surface area contributed by atoms with Gasteiger partial charge in [-0.3, -0.25) is 19.5 Å². The monoisotopic (exact) mass is 484 g/mol. The third-order valence-corrected chi connectivity index (χ3v) is 6.11. The van der Waals surface area contributed by atoms with Gasteiger partial charge in [0.25, 0.3) is 11.5 Å².